The van der Waals surface area contributed by atoms with Gasteiger partial charge >= 0.3 is 0 Å². The zero-order chi connectivity index (χ0) is 14.7. The number of likely N-dealkylation sites (N-methyl/N-ethyl adjacent to an activating group) is 1. The summed E-state index contributed by atoms with van der Waals surface area (Å²) in [5.41, 5.74) is 1.05. The molecular formula is C16H27N5. The Morgan fingerprint density at radius 1 is 1.14 bits per heavy atom. The number of piperazine rings is 1. The van der Waals surface area contributed by atoms with Crippen LogP contribution in [0.25, 0.3) is 0 Å². The maximum atomic E-state index is 4.76. The Bertz CT molecular complexity index is 462. The Morgan fingerprint density at radius 3 is 2.52 bits per heavy atom. The van der Waals surface area contributed by atoms with Crippen LogP contribution in [-0.2, 0) is 0 Å². The van der Waals surface area contributed by atoms with Crippen molar-refractivity contribution >= 4 is 11.8 Å². The third-order valence-corrected chi connectivity index (χ3v) is 4.65. The van der Waals surface area contributed by atoms with Gasteiger partial charge in [0.2, 0.25) is 5.95 Å². The summed E-state index contributed by atoms with van der Waals surface area (Å²) in [7, 11) is 0. The molecule has 1 N–H and O–H groups in total. The van der Waals surface area contributed by atoms with Crippen LogP contribution < -0.4 is 10.2 Å². The van der Waals surface area contributed by atoms with Gasteiger partial charge in [0, 0.05) is 44.0 Å². The van der Waals surface area contributed by atoms with Crippen LogP contribution in [0.15, 0.2) is 6.07 Å². The molecule has 0 atom stereocenters. The normalized spacial score (nSPS) is 21.0. The Kier molecular flexibility index (Phi) is 4.58. The summed E-state index contributed by atoms with van der Waals surface area (Å²) in [6.45, 7) is 9.70. The van der Waals surface area contributed by atoms with Gasteiger partial charge in [-0.1, -0.05) is 19.8 Å². The summed E-state index contributed by atoms with van der Waals surface area (Å²) in [5.74, 6) is 1.90. The van der Waals surface area contributed by atoms with E-state index in [1.54, 1.807) is 0 Å². The highest BCUT2D eigenvalue weighted by Crippen LogP contribution is 2.23. The molecule has 1 saturated carbocycles. The minimum atomic E-state index is 0.601. The van der Waals surface area contributed by atoms with E-state index in [0.717, 1.165) is 50.2 Å². The first-order valence-electron chi connectivity index (χ1n) is 8.34. The molecule has 1 aliphatic heterocycles. The van der Waals surface area contributed by atoms with Gasteiger partial charge in [-0.15, -0.1) is 0 Å². The predicted molar refractivity (Wildman–Crippen MR) is 87.0 cm³/mol. The van der Waals surface area contributed by atoms with Crippen LogP contribution in [0.2, 0.25) is 0 Å². The van der Waals surface area contributed by atoms with Crippen molar-refractivity contribution in [1.82, 2.24) is 14.9 Å². The summed E-state index contributed by atoms with van der Waals surface area (Å²) >= 11 is 0. The second kappa shape index (κ2) is 6.60. The predicted octanol–water partition coefficient (Wildman–Crippen LogP) is 2.28. The van der Waals surface area contributed by atoms with Crippen LogP contribution in [-0.4, -0.2) is 53.6 Å². The molecule has 1 saturated heterocycles. The fourth-order valence-corrected chi connectivity index (χ4v) is 3.31. The molecule has 5 heteroatoms. The third-order valence-electron chi connectivity index (χ3n) is 4.65. The largest absolute Gasteiger partial charge is 0.367 e. The van der Waals surface area contributed by atoms with Crippen LogP contribution in [0, 0.1) is 6.92 Å². The quantitative estimate of drug-likeness (QED) is 0.921. The minimum absolute atomic E-state index is 0.601. The molecule has 3 rings (SSSR count). The van der Waals surface area contributed by atoms with Gasteiger partial charge in [0.25, 0.3) is 0 Å². The molecule has 2 heterocycles. The molecule has 1 aromatic heterocycles. The lowest BCUT2D eigenvalue weighted by atomic mass is 10.2. The van der Waals surface area contributed by atoms with E-state index in [2.05, 4.69) is 40.0 Å². The lowest BCUT2D eigenvalue weighted by Crippen LogP contribution is -2.46. The van der Waals surface area contributed by atoms with E-state index in [4.69, 9.17) is 4.98 Å². The van der Waals surface area contributed by atoms with Crippen LogP contribution in [0.3, 0.4) is 0 Å². The molecule has 0 spiro atoms. The van der Waals surface area contributed by atoms with Gasteiger partial charge in [-0.05, 0) is 26.3 Å². The standard InChI is InChI=1S/C16H27N5/c1-3-20-8-10-21(11-9-20)16-17-13(2)12-15(19-16)18-14-6-4-5-7-14/h12,14H,3-11H2,1-2H3,(H,17,18,19). The number of rotatable bonds is 4. The van der Waals surface area contributed by atoms with E-state index in [0.29, 0.717) is 6.04 Å². The lowest BCUT2D eigenvalue weighted by Gasteiger charge is -2.34. The summed E-state index contributed by atoms with van der Waals surface area (Å²) in [4.78, 5) is 14.2. The van der Waals surface area contributed by atoms with E-state index in [-0.39, 0.29) is 0 Å². The van der Waals surface area contributed by atoms with Gasteiger partial charge < -0.3 is 15.1 Å². The molecule has 0 amide bonds. The zero-order valence-corrected chi connectivity index (χ0v) is 13.3. The first kappa shape index (κ1) is 14.6. The smallest absolute Gasteiger partial charge is 0.227 e. The average Bonchev–Trinajstić information content (AvgIpc) is 2.99. The number of nitrogens with zero attached hydrogens (tertiary/aromatic N) is 4. The topological polar surface area (TPSA) is 44.3 Å². The molecule has 21 heavy (non-hydrogen) atoms. The van der Waals surface area contributed by atoms with Gasteiger partial charge in [0.1, 0.15) is 5.82 Å². The average molecular weight is 289 g/mol. The first-order chi connectivity index (χ1) is 10.2. The first-order valence-corrected chi connectivity index (χ1v) is 8.34. The number of anilines is 2. The summed E-state index contributed by atoms with van der Waals surface area (Å²) < 4.78 is 0. The Morgan fingerprint density at radius 2 is 1.86 bits per heavy atom. The molecule has 0 radical (unpaired) electrons. The van der Waals surface area contributed by atoms with Crippen LogP contribution in [0.5, 0.6) is 0 Å². The van der Waals surface area contributed by atoms with Gasteiger partial charge in [0.15, 0.2) is 0 Å². The molecule has 0 aromatic carbocycles. The molecule has 5 nitrogen and oxygen atoms in total. The molecule has 1 aromatic rings. The van der Waals surface area contributed by atoms with Crippen molar-refractivity contribution in [2.24, 2.45) is 0 Å². The van der Waals surface area contributed by atoms with Crippen molar-refractivity contribution in [3.05, 3.63) is 11.8 Å². The van der Waals surface area contributed by atoms with Crippen molar-refractivity contribution in [2.45, 2.75) is 45.6 Å². The molecular weight excluding hydrogens is 262 g/mol. The number of nitrogens with one attached hydrogen (secondary N) is 1. The van der Waals surface area contributed by atoms with Crippen LogP contribution >= 0.6 is 0 Å². The maximum Gasteiger partial charge on any atom is 0.227 e. The highest BCUT2D eigenvalue weighted by molar-refractivity contribution is 5.44. The molecule has 2 aliphatic rings. The van der Waals surface area contributed by atoms with Gasteiger partial charge in [0.05, 0.1) is 0 Å². The van der Waals surface area contributed by atoms with E-state index < -0.39 is 0 Å². The Balaban J connectivity index is 1.68. The van der Waals surface area contributed by atoms with E-state index in [9.17, 15) is 0 Å². The SMILES string of the molecule is CCN1CCN(c2nc(C)cc(NC3CCCC3)n2)CC1. The van der Waals surface area contributed by atoms with Gasteiger partial charge in [-0.2, -0.15) is 4.98 Å². The lowest BCUT2D eigenvalue weighted by molar-refractivity contribution is 0.270. The van der Waals surface area contributed by atoms with Crippen molar-refractivity contribution in [3.63, 3.8) is 0 Å². The highest BCUT2D eigenvalue weighted by atomic mass is 15.3. The summed E-state index contributed by atoms with van der Waals surface area (Å²) in [6.07, 6.45) is 5.22. The van der Waals surface area contributed by atoms with Gasteiger partial charge in [-0.3, -0.25) is 0 Å². The third kappa shape index (κ3) is 3.64. The molecule has 2 fully saturated rings. The molecule has 1 aliphatic carbocycles. The Hall–Kier alpha value is -1.36. The second-order valence-electron chi connectivity index (χ2n) is 6.24. The van der Waals surface area contributed by atoms with Crippen LogP contribution in [0.1, 0.15) is 38.3 Å². The number of hydrogen-bond acceptors (Lipinski definition) is 5. The minimum Gasteiger partial charge on any atom is -0.367 e. The second-order valence-corrected chi connectivity index (χ2v) is 6.24. The van der Waals surface area contributed by atoms with Crippen molar-refractivity contribution in [1.29, 1.82) is 0 Å². The van der Waals surface area contributed by atoms with Gasteiger partial charge in [-0.25, -0.2) is 4.98 Å². The summed E-state index contributed by atoms with van der Waals surface area (Å²) in [5, 5.41) is 3.59. The van der Waals surface area contributed by atoms with Crippen molar-refractivity contribution < 1.29 is 0 Å². The zero-order valence-electron chi connectivity index (χ0n) is 13.3. The highest BCUT2D eigenvalue weighted by Gasteiger charge is 2.20. The van der Waals surface area contributed by atoms with E-state index in [1.165, 1.54) is 25.7 Å². The fourth-order valence-electron chi connectivity index (χ4n) is 3.31. The fraction of sp³-hybridized carbons (Fsp3) is 0.750. The number of aromatic nitrogens is 2. The van der Waals surface area contributed by atoms with Crippen molar-refractivity contribution in [2.75, 3.05) is 42.9 Å². The van der Waals surface area contributed by atoms with E-state index >= 15 is 0 Å². The van der Waals surface area contributed by atoms with Crippen LogP contribution in [0.4, 0.5) is 11.8 Å². The monoisotopic (exact) mass is 289 g/mol. The summed E-state index contributed by atoms with van der Waals surface area (Å²) in [6, 6.07) is 2.67. The van der Waals surface area contributed by atoms with Crippen molar-refractivity contribution in [3.8, 4) is 0 Å². The maximum absolute atomic E-state index is 4.76. The van der Waals surface area contributed by atoms with E-state index in [1.807, 2.05) is 0 Å². The number of hydrogen-bond donors (Lipinski definition) is 1. The molecule has 0 bridgehead atoms. The molecule has 116 valence electrons. The molecule has 0 unspecified atom stereocenters. The number of aryl methyl sites for hydroxylation is 1. The Labute approximate surface area is 127 Å².